The monoisotopic (exact) mass is 440 g/mol. The van der Waals surface area contributed by atoms with Gasteiger partial charge in [0.05, 0.1) is 9.93 Å². The number of hydrogen-bond acceptors (Lipinski definition) is 4. The van der Waals surface area contributed by atoms with Crippen LogP contribution in [0.3, 0.4) is 0 Å². The quantitative estimate of drug-likeness (QED) is 0.696. The van der Waals surface area contributed by atoms with E-state index in [0.717, 1.165) is 16.2 Å². The van der Waals surface area contributed by atoms with E-state index in [2.05, 4.69) is 20.9 Å². The Morgan fingerprint density at radius 2 is 2.16 bits per heavy atom. The molecule has 0 fully saturated rings. The van der Waals surface area contributed by atoms with Crippen molar-refractivity contribution in [1.29, 1.82) is 0 Å². The molecule has 128 valence electrons. The molecule has 0 saturated heterocycles. The maximum atomic E-state index is 13.9. The predicted molar refractivity (Wildman–Crippen MR) is 102 cm³/mol. The summed E-state index contributed by atoms with van der Waals surface area (Å²) in [5, 5.41) is 0.492. The fraction of sp³-hybridized carbons (Fsp3) is 0.0588. The lowest BCUT2D eigenvalue weighted by molar-refractivity contribution is -0.113. The molecule has 0 spiro atoms. The zero-order valence-electron chi connectivity index (χ0n) is 12.6. The fourth-order valence-corrected chi connectivity index (χ4v) is 3.42. The number of amides is 1. The normalized spacial score (nSPS) is 15.6. The molecule has 2 N–H and O–H groups in total. The average molecular weight is 442 g/mol. The average Bonchev–Trinajstić information content (AvgIpc) is 2.86. The van der Waals surface area contributed by atoms with Crippen LogP contribution >= 0.6 is 39.3 Å². The van der Waals surface area contributed by atoms with E-state index in [0.29, 0.717) is 21.2 Å². The van der Waals surface area contributed by atoms with Gasteiger partial charge in [0.2, 0.25) is 0 Å². The summed E-state index contributed by atoms with van der Waals surface area (Å²) in [5.41, 5.74) is 6.47. The molecule has 1 aliphatic rings. The Kier molecular flexibility index (Phi) is 5.46. The number of halogens is 3. The van der Waals surface area contributed by atoms with E-state index in [1.807, 2.05) is 0 Å². The highest BCUT2D eigenvalue weighted by Crippen LogP contribution is 2.32. The third kappa shape index (κ3) is 4.23. The van der Waals surface area contributed by atoms with Gasteiger partial charge in [-0.05, 0) is 48.2 Å². The Morgan fingerprint density at radius 1 is 1.36 bits per heavy atom. The molecule has 0 saturated carbocycles. The SMILES string of the molecule is NC1=NC(=O)C(=Cc2cc(Br)ccc2OCc2c(F)cccc2Cl)S1. The van der Waals surface area contributed by atoms with Crippen molar-refractivity contribution >= 4 is 56.4 Å². The van der Waals surface area contributed by atoms with E-state index < -0.39 is 11.7 Å². The third-order valence-corrected chi connectivity index (χ3v) is 4.99. The van der Waals surface area contributed by atoms with Gasteiger partial charge < -0.3 is 10.5 Å². The summed E-state index contributed by atoms with van der Waals surface area (Å²) in [6, 6.07) is 9.75. The number of nitrogens with two attached hydrogens (primary N) is 1. The smallest absolute Gasteiger partial charge is 0.286 e. The molecule has 0 bridgehead atoms. The Labute approximate surface area is 161 Å². The van der Waals surface area contributed by atoms with Crippen LogP contribution in [0.4, 0.5) is 4.39 Å². The molecule has 0 atom stereocenters. The molecule has 3 rings (SSSR count). The summed E-state index contributed by atoms with van der Waals surface area (Å²) in [6.45, 7) is -0.0387. The van der Waals surface area contributed by atoms with Gasteiger partial charge in [0.25, 0.3) is 5.91 Å². The highest BCUT2D eigenvalue weighted by atomic mass is 79.9. The minimum atomic E-state index is -0.438. The second-order valence-electron chi connectivity index (χ2n) is 5.04. The number of nitrogens with zero attached hydrogens (tertiary/aromatic N) is 1. The van der Waals surface area contributed by atoms with Crippen LogP contribution < -0.4 is 10.5 Å². The summed E-state index contributed by atoms with van der Waals surface area (Å²) in [5.74, 6) is -0.355. The number of hydrogen-bond donors (Lipinski definition) is 1. The van der Waals surface area contributed by atoms with Gasteiger partial charge in [-0.1, -0.05) is 33.6 Å². The molecule has 25 heavy (non-hydrogen) atoms. The molecule has 1 aliphatic heterocycles. The van der Waals surface area contributed by atoms with Crippen LogP contribution in [0.15, 0.2) is 50.8 Å². The largest absolute Gasteiger partial charge is 0.488 e. The summed E-state index contributed by atoms with van der Waals surface area (Å²) in [4.78, 5) is 15.8. The van der Waals surface area contributed by atoms with E-state index >= 15 is 0 Å². The molecule has 1 amide bonds. The summed E-state index contributed by atoms with van der Waals surface area (Å²) in [7, 11) is 0. The minimum absolute atomic E-state index is 0.0387. The number of carbonyl (C=O) groups is 1. The molecular formula is C17H11BrClFN2O2S. The number of carbonyl (C=O) groups excluding carboxylic acids is 1. The Bertz CT molecular complexity index is 897. The highest BCUT2D eigenvalue weighted by Gasteiger charge is 2.20. The van der Waals surface area contributed by atoms with Gasteiger partial charge in [0.1, 0.15) is 18.2 Å². The van der Waals surface area contributed by atoms with Crippen molar-refractivity contribution in [2.24, 2.45) is 10.7 Å². The van der Waals surface area contributed by atoms with Crippen molar-refractivity contribution in [3.05, 3.63) is 67.7 Å². The second kappa shape index (κ2) is 7.59. The molecular weight excluding hydrogens is 431 g/mol. The number of rotatable bonds is 4. The number of benzene rings is 2. The maximum absolute atomic E-state index is 13.9. The van der Waals surface area contributed by atoms with Crippen LogP contribution in [-0.2, 0) is 11.4 Å². The molecule has 0 aromatic heterocycles. The Hall–Kier alpha value is -1.83. The van der Waals surface area contributed by atoms with E-state index in [4.69, 9.17) is 22.1 Å². The van der Waals surface area contributed by atoms with Gasteiger partial charge in [-0.15, -0.1) is 0 Å². The highest BCUT2D eigenvalue weighted by molar-refractivity contribution is 9.10. The van der Waals surface area contributed by atoms with Gasteiger partial charge >= 0.3 is 0 Å². The second-order valence-corrected chi connectivity index (χ2v) is 7.42. The molecule has 2 aromatic rings. The Balaban J connectivity index is 1.88. The summed E-state index contributed by atoms with van der Waals surface area (Å²) < 4.78 is 20.4. The van der Waals surface area contributed by atoms with Gasteiger partial charge in [0, 0.05) is 15.6 Å². The van der Waals surface area contributed by atoms with Crippen LogP contribution in [0.1, 0.15) is 11.1 Å². The number of ether oxygens (including phenoxy) is 1. The Morgan fingerprint density at radius 3 is 2.84 bits per heavy atom. The van der Waals surface area contributed by atoms with E-state index in [-0.39, 0.29) is 17.3 Å². The predicted octanol–water partition coefficient (Wildman–Crippen LogP) is 4.75. The summed E-state index contributed by atoms with van der Waals surface area (Å²) in [6.07, 6.45) is 1.64. The van der Waals surface area contributed by atoms with Crippen LogP contribution in [0.25, 0.3) is 6.08 Å². The van der Waals surface area contributed by atoms with Gasteiger partial charge in [-0.25, -0.2) is 4.39 Å². The van der Waals surface area contributed by atoms with Crippen molar-refractivity contribution in [2.75, 3.05) is 0 Å². The lowest BCUT2D eigenvalue weighted by atomic mass is 10.1. The topological polar surface area (TPSA) is 64.7 Å². The molecule has 8 heteroatoms. The van der Waals surface area contributed by atoms with E-state index in [1.165, 1.54) is 12.1 Å². The van der Waals surface area contributed by atoms with Crippen molar-refractivity contribution < 1.29 is 13.9 Å². The zero-order chi connectivity index (χ0) is 18.0. The number of amidine groups is 1. The zero-order valence-corrected chi connectivity index (χ0v) is 15.8. The lowest BCUT2D eigenvalue weighted by Crippen LogP contribution is -2.01. The molecule has 0 aliphatic carbocycles. The lowest BCUT2D eigenvalue weighted by Gasteiger charge is -2.12. The van der Waals surface area contributed by atoms with Gasteiger partial charge in [-0.3, -0.25) is 4.79 Å². The van der Waals surface area contributed by atoms with Gasteiger partial charge in [-0.2, -0.15) is 4.99 Å². The summed E-state index contributed by atoms with van der Waals surface area (Å²) >= 11 is 10.5. The van der Waals surface area contributed by atoms with Crippen molar-refractivity contribution in [2.45, 2.75) is 6.61 Å². The number of aliphatic imine (C=N–C) groups is 1. The minimum Gasteiger partial charge on any atom is -0.488 e. The van der Waals surface area contributed by atoms with Crippen LogP contribution in [0.2, 0.25) is 5.02 Å². The molecule has 4 nitrogen and oxygen atoms in total. The van der Waals surface area contributed by atoms with Crippen molar-refractivity contribution in [3.8, 4) is 5.75 Å². The van der Waals surface area contributed by atoms with Crippen LogP contribution in [-0.4, -0.2) is 11.1 Å². The first-order valence-electron chi connectivity index (χ1n) is 7.07. The first kappa shape index (κ1) is 18.0. The molecule has 0 radical (unpaired) electrons. The molecule has 2 aromatic carbocycles. The van der Waals surface area contributed by atoms with Crippen LogP contribution in [0.5, 0.6) is 5.75 Å². The third-order valence-electron chi connectivity index (χ3n) is 3.33. The maximum Gasteiger partial charge on any atom is 0.286 e. The van der Waals surface area contributed by atoms with E-state index in [1.54, 1.807) is 30.3 Å². The number of thioether (sulfide) groups is 1. The van der Waals surface area contributed by atoms with Crippen LogP contribution in [0, 0.1) is 5.82 Å². The standard InChI is InChI=1S/C17H11BrClFN2O2S/c18-10-4-5-14(24-8-11-12(19)2-1-3-13(11)20)9(6-10)7-15-16(23)22-17(21)25-15/h1-7H,8H2,(H2,21,22,23). The molecule has 0 unspecified atom stereocenters. The first-order valence-corrected chi connectivity index (χ1v) is 9.06. The van der Waals surface area contributed by atoms with Gasteiger partial charge in [0.15, 0.2) is 5.17 Å². The van der Waals surface area contributed by atoms with E-state index in [9.17, 15) is 9.18 Å². The fourth-order valence-electron chi connectivity index (χ4n) is 2.15. The first-order chi connectivity index (χ1) is 11.9. The van der Waals surface area contributed by atoms with Crippen molar-refractivity contribution in [3.63, 3.8) is 0 Å². The molecule has 1 heterocycles. The van der Waals surface area contributed by atoms with Crippen molar-refractivity contribution in [1.82, 2.24) is 0 Å².